The average molecular weight is 331 g/mol. The number of nitriles is 2. The van der Waals surface area contributed by atoms with E-state index in [4.69, 9.17) is 10.5 Å². The molecule has 0 aliphatic rings. The van der Waals surface area contributed by atoms with Crippen molar-refractivity contribution in [3.63, 3.8) is 0 Å². The van der Waals surface area contributed by atoms with Crippen molar-refractivity contribution in [2.24, 2.45) is 0 Å². The van der Waals surface area contributed by atoms with E-state index in [0.717, 1.165) is 22.3 Å². The summed E-state index contributed by atoms with van der Waals surface area (Å²) in [7, 11) is 0. The second-order valence-corrected chi connectivity index (χ2v) is 5.72. The minimum Gasteiger partial charge on any atom is -0.193 e. The fraction of sp³-hybridized carbons (Fsp3) is 0. The van der Waals surface area contributed by atoms with E-state index in [0.29, 0.717) is 11.1 Å². The van der Waals surface area contributed by atoms with Crippen LogP contribution in [-0.4, -0.2) is 0 Å². The van der Waals surface area contributed by atoms with E-state index in [2.05, 4.69) is 18.2 Å². The van der Waals surface area contributed by atoms with Crippen molar-refractivity contribution in [1.29, 1.82) is 10.5 Å². The maximum absolute atomic E-state index is 8.93. The molecular formula is C24H15N2-. The first-order valence-electron chi connectivity index (χ1n) is 8.15. The predicted molar refractivity (Wildman–Crippen MR) is 104 cm³/mol. The molecule has 0 aliphatic heterocycles. The average Bonchev–Trinajstić information content (AvgIpc) is 2.72. The third-order valence-electron chi connectivity index (χ3n) is 3.84. The Morgan fingerprint density at radius 2 is 1.23 bits per heavy atom. The lowest BCUT2D eigenvalue weighted by atomic mass is 10.1. The number of hydrogen-bond acceptors (Lipinski definition) is 2. The lowest BCUT2D eigenvalue weighted by molar-refractivity contribution is 1.46. The summed E-state index contributed by atoms with van der Waals surface area (Å²) in [5.74, 6) is 0. The highest BCUT2D eigenvalue weighted by atomic mass is 14.2. The molecule has 122 valence electrons. The highest BCUT2D eigenvalue weighted by Crippen LogP contribution is 2.13. The van der Waals surface area contributed by atoms with E-state index in [1.54, 1.807) is 6.07 Å². The fourth-order valence-corrected chi connectivity index (χ4v) is 2.41. The van der Waals surface area contributed by atoms with Crippen molar-refractivity contribution < 1.29 is 0 Å². The van der Waals surface area contributed by atoms with E-state index in [1.165, 1.54) is 0 Å². The van der Waals surface area contributed by atoms with Crippen LogP contribution in [0.5, 0.6) is 0 Å². The standard InChI is InChI=1S/C24H15N2/c25-17-23-14-11-21(12-15-23)9-6-19-4-7-20(8-5-19)10-13-22-2-1-3-24(16-22)18-26/h1-12,14-16H/q-1/b9-6-. The van der Waals surface area contributed by atoms with Crippen molar-refractivity contribution >= 4 is 18.2 Å². The van der Waals surface area contributed by atoms with Gasteiger partial charge in [-0.2, -0.15) is 10.5 Å². The quantitative estimate of drug-likeness (QED) is 0.470. The Morgan fingerprint density at radius 1 is 0.654 bits per heavy atom. The highest BCUT2D eigenvalue weighted by Gasteiger charge is 1.91. The third kappa shape index (κ3) is 4.57. The van der Waals surface area contributed by atoms with Crippen LogP contribution in [0.1, 0.15) is 33.4 Å². The summed E-state index contributed by atoms with van der Waals surface area (Å²) in [6.07, 6.45) is 9.17. The number of rotatable bonds is 4. The van der Waals surface area contributed by atoms with Gasteiger partial charge in [-0.1, -0.05) is 60.2 Å². The Balaban J connectivity index is 1.68. The predicted octanol–water partition coefficient (Wildman–Crippen LogP) is 5.47. The van der Waals surface area contributed by atoms with Crippen LogP contribution >= 0.6 is 0 Å². The van der Waals surface area contributed by atoms with Crippen LogP contribution in [0.3, 0.4) is 0 Å². The third-order valence-corrected chi connectivity index (χ3v) is 3.84. The molecule has 0 heterocycles. The first kappa shape index (κ1) is 17.0. The molecule has 0 radical (unpaired) electrons. The molecule has 0 saturated carbocycles. The Hall–Kier alpha value is -3.88. The normalized spacial score (nSPS) is 10.7. The molecule has 0 amide bonds. The molecule has 0 saturated heterocycles. The summed E-state index contributed by atoms with van der Waals surface area (Å²) in [4.78, 5) is 0. The molecule has 3 aromatic rings. The smallest absolute Gasteiger partial charge is 0.0991 e. The van der Waals surface area contributed by atoms with Crippen LogP contribution in [-0.2, 0) is 0 Å². The van der Waals surface area contributed by atoms with Crippen LogP contribution in [0.25, 0.3) is 18.2 Å². The molecule has 0 aromatic heterocycles. The van der Waals surface area contributed by atoms with Crippen molar-refractivity contribution in [1.82, 2.24) is 0 Å². The zero-order valence-corrected chi connectivity index (χ0v) is 14.1. The molecule has 0 aliphatic carbocycles. The second-order valence-electron chi connectivity index (χ2n) is 5.72. The van der Waals surface area contributed by atoms with Crippen molar-refractivity contribution in [3.8, 4) is 12.1 Å². The van der Waals surface area contributed by atoms with Gasteiger partial charge in [0.15, 0.2) is 0 Å². The Bertz CT molecular complexity index is 1030. The SMILES string of the molecule is N#Cc1ccc(/C=C\c2ccc(C=[C-]c3cccc(C#N)c3)cc2)cc1. The van der Waals surface area contributed by atoms with E-state index >= 15 is 0 Å². The fourth-order valence-electron chi connectivity index (χ4n) is 2.41. The van der Waals surface area contributed by atoms with Gasteiger partial charge >= 0.3 is 0 Å². The lowest BCUT2D eigenvalue weighted by Crippen LogP contribution is -1.79. The zero-order valence-electron chi connectivity index (χ0n) is 14.1. The molecule has 0 N–H and O–H groups in total. The molecule has 0 spiro atoms. The van der Waals surface area contributed by atoms with E-state index in [-0.39, 0.29) is 0 Å². The minimum absolute atomic E-state index is 0.631. The van der Waals surface area contributed by atoms with Gasteiger partial charge in [0.1, 0.15) is 0 Å². The Kier molecular flexibility index (Phi) is 5.41. The molecule has 2 heteroatoms. The minimum atomic E-state index is 0.631. The van der Waals surface area contributed by atoms with Crippen LogP contribution in [0.4, 0.5) is 0 Å². The molecule has 3 rings (SSSR count). The topological polar surface area (TPSA) is 47.6 Å². The molecule has 0 atom stereocenters. The molecule has 3 aromatic carbocycles. The first-order chi connectivity index (χ1) is 12.8. The largest absolute Gasteiger partial charge is 0.193 e. The van der Waals surface area contributed by atoms with Gasteiger partial charge in [-0.15, -0.1) is 35.9 Å². The van der Waals surface area contributed by atoms with Crippen molar-refractivity contribution in [2.75, 3.05) is 0 Å². The first-order valence-corrected chi connectivity index (χ1v) is 8.15. The summed E-state index contributed by atoms with van der Waals surface area (Å²) in [5, 5.41) is 17.7. The van der Waals surface area contributed by atoms with E-state index in [9.17, 15) is 0 Å². The highest BCUT2D eigenvalue weighted by molar-refractivity contribution is 5.70. The van der Waals surface area contributed by atoms with Crippen LogP contribution in [0, 0.1) is 28.7 Å². The molecule has 26 heavy (non-hydrogen) atoms. The van der Waals surface area contributed by atoms with Gasteiger partial charge in [-0.25, -0.2) is 0 Å². The van der Waals surface area contributed by atoms with Gasteiger partial charge in [0.2, 0.25) is 0 Å². The van der Waals surface area contributed by atoms with Gasteiger partial charge in [-0.3, -0.25) is 0 Å². The van der Waals surface area contributed by atoms with Crippen molar-refractivity contribution in [2.45, 2.75) is 0 Å². The van der Waals surface area contributed by atoms with Crippen LogP contribution in [0.2, 0.25) is 0 Å². The summed E-state index contributed by atoms with van der Waals surface area (Å²) < 4.78 is 0. The molecule has 0 bridgehead atoms. The van der Waals surface area contributed by atoms with Crippen LogP contribution < -0.4 is 0 Å². The van der Waals surface area contributed by atoms with Gasteiger partial charge in [-0.05, 0) is 23.3 Å². The molecule has 0 fully saturated rings. The summed E-state index contributed by atoms with van der Waals surface area (Å²) in [6.45, 7) is 0. The zero-order chi connectivity index (χ0) is 18.2. The summed E-state index contributed by atoms with van der Waals surface area (Å²) >= 11 is 0. The van der Waals surface area contributed by atoms with Gasteiger partial charge in [0.25, 0.3) is 0 Å². The van der Waals surface area contributed by atoms with E-state index in [1.807, 2.05) is 85.0 Å². The monoisotopic (exact) mass is 331 g/mol. The molecule has 2 nitrogen and oxygen atoms in total. The van der Waals surface area contributed by atoms with E-state index < -0.39 is 0 Å². The summed E-state index contributed by atoms with van der Waals surface area (Å²) in [6, 6.07) is 27.2. The molecular weight excluding hydrogens is 316 g/mol. The Morgan fingerprint density at radius 3 is 1.85 bits per heavy atom. The maximum atomic E-state index is 8.93. The lowest BCUT2D eigenvalue weighted by Gasteiger charge is -2.03. The number of benzene rings is 3. The van der Waals surface area contributed by atoms with Crippen molar-refractivity contribution in [3.05, 3.63) is 112 Å². The summed E-state index contributed by atoms with van der Waals surface area (Å²) in [5.41, 5.74) is 5.37. The number of hydrogen-bond donors (Lipinski definition) is 0. The van der Waals surface area contributed by atoms with Gasteiger partial charge in [0.05, 0.1) is 17.7 Å². The van der Waals surface area contributed by atoms with Gasteiger partial charge in [0, 0.05) is 5.56 Å². The van der Waals surface area contributed by atoms with Gasteiger partial charge < -0.3 is 0 Å². The molecule has 0 unspecified atom stereocenters. The second kappa shape index (κ2) is 8.29. The maximum Gasteiger partial charge on any atom is 0.0991 e. The number of nitrogens with zero attached hydrogens (tertiary/aromatic N) is 2. The Labute approximate surface area is 153 Å². The van der Waals surface area contributed by atoms with Crippen LogP contribution in [0.15, 0.2) is 72.8 Å².